The predicted octanol–water partition coefficient (Wildman–Crippen LogP) is -4.77. The number of carbonyl (C=O) groups excluding carboxylic acids is 3. The number of ether oxygens (including phenoxy) is 2. The number of anilines is 1. The number of nitrogens with one attached hydrogen (secondary N) is 1. The molecule has 1 amide bonds. The number of allylic oxidation sites excluding steroid dienone is 2. The van der Waals surface area contributed by atoms with E-state index in [4.69, 9.17) is 9.47 Å². The number of aromatic amines is 1. The van der Waals surface area contributed by atoms with Crippen LogP contribution in [-0.4, -0.2) is 65.9 Å². The summed E-state index contributed by atoms with van der Waals surface area (Å²) in [6.45, 7) is 3.94. The first-order valence-corrected chi connectivity index (χ1v) is 15.4. The third-order valence-electron chi connectivity index (χ3n) is 5.98. The van der Waals surface area contributed by atoms with Gasteiger partial charge in [0.1, 0.15) is 26.8 Å². The maximum Gasteiger partial charge on any atom is 1.00 e. The summed E-state index contributed by atoms with van der Waals surface area (Å²) in [6.07, 6.45) is 3.44. The van der Waals surface area contributed by atoms with Crippen molar-refractivity contribution < 1.29 is 153 Å². The number of esters is 2. The molecule has 2 heterocycles. The summed E-state index contributed by atoms with van der Waals surface area (Å²) < 4.78 is 78.3. The van der Waals surface area contributed by atoms with Gasteiger partial charge in [-0.2, -0.15) is 10.1 Å². The molecule has 3 aromatic rings. The van der Waals surface area contributed by atoms with Gasteiger partial charge in [-0.25, -0.2) is 31.1 Å². The molecule has 47 heavy (non-hydrogen) atoms. The minimum Gasteiger partial charge on any atom is -0.744 e. The Morgan fingerprint density at radius 3 is 1.91 bits per heavy atom. The molecule has 1 N–H and O–H groups in total. The molecule has 0 atom stereocenters. The van der Waals surface area contributed by atoms with Crippen molar-refractivity contribution in [3.63, 3.8) is 0 Å². The molecule has 235 valence electrons. The van der Waals surface area contributed by atoms with Crippen LogP contribution in [0.5, 0.6) is 0 Å². The molecule has 16 nitrogen and oxygen atoms in total. The van der Waals surface area contributed by atoms with Crippen molar-refractivity contribution in [2.45, 2.75) is 23.6 Å². The molecular weight excluding hydrogens is 715 g/mol. The third-order valence-corrected chi connectivity index (χ3v) is 7.68. The van der Waals surface area contributed by atoms with Crippen LogP contribution in [0.4, 0.5) is 5.69 Å². The molecule has 0 spiro atoms. The van der Waals surface area contributed by atoms with E-state index in [1.165, 1.54) is 19.9 Å². The van der Waals surface area contributed by atoms with E-state index >= 15 is 0 Å². The van der Waals surface area contributed by atoms with Gasteiger partial charge in [-0.05, 0) is 74.5 Å². The van der Waals surface area contributed by atoms with Crippen molar-refractivity contribution in [3.8, 4) is 5.69 Å². The van der Waals surface area contributed by atoms with Crippen molar-refractivity contribution in [2.75, 3.05) is 11.6 Å². The Kier molecular flexibility index (Phi) is 15.1. The second-order valence-corrected chi connectivity index (χ2v) is 11.6. The van der Waals surface area contributed by atoms with Gasteiger partial charge in [0.25, 0.3) is 11.5 Å². The van der Waals surface area contributed by atoms with Crippen molar-refractivity contribution in [3.05, 3.63) is 94.5 Å². The maximum atomic E-state index is 13.3. The zero-order valence-electron chi connectivity index (χ0n) is 25.2. The smallest absolute Gasteiger partial charge is 0.744 e. The van der Waals surface area contributed by atoms with Gasteiger partial charge in [-0.15, -0.1) is 0 Å². The second-order valence-electron chi connectivity index (χ2n) is 8.80. The van der Waals surface area contributed by atoms with Gasteiger partial charge in [-0.3, -0.25) is 14.7 Å². The average Bonchev–Trinajstić information content (AvgIpc) is 3.49. The number of H-pyrrole nitrogens is 1. The summed E-state index contributed by atoms with van der Waals surface area (Å²) in [7, 11) is -9.52. The third kappa shape index (κ3) is 9.63. The molecular formula is C27H21K2N4O12S2. The Labute approximate surface area is 353 Å². The predicted molar refractivity (Wildman–Crippen MR) is 153 cm³/mol. The Morgan fingerprint density at radius 2 is 1.43 bits per heavy atom. The monoisotopic (exact) mass is 735 g/mol. The SMILES string of the molecule is C[CH]OC(=O)c1[nH]n(-c2ccc(S(=O)(=O)[O-])cc2)c(=O)c1C=C/C=C1\C(=O)N(c2ccc(S(=O)(=O)[O-])cc2)N=C1C(=O)OCC.[K+].[K+]. The summed E-state index contributed by atoms with van der Waals surface area (Å²) in [5.41, 5.74) is -2.03. The van der Waals surface area contributed by atoms with Crippen LogP contribution < -0.4 is 113 Å². The summed E-state index contributed by atoms with van der Waals surface area (Å²) in [5.74, 6) is -2.79. The normalized spacial score (nSPS) is 14.0. The molecule has 0 unspecified atom stereocenters. The van der Waals surface area contributed by atoms with Crippen molar-refractivity contribution in [2.24, 2.45) is 5.10 Å². The van der Waals surface area contributed by atoms with E-state index in [9.17, 15) is 45.1 Å². The molecule has 20 heteroatoms. The molecule has 0 bridgehead atoms. The number of nitrogens with zero attached hydrogens (tertiary/aromatic N) is 3. The van der Waals surface area contributed by atoms with Crippen LogP contribution in [0.15, 0.2) is 85.9 Å². The van der Waals surface area contributed by atoms with Gasteiger partial charge in [0.05, 0.1) is 38.9 Å². The molecule has 0 aliphatic carbocycles. The van der Waals surface area contributed by atoms with Crippen molar-refractivity contribution >= 4 is 55.6 Å². The van der Waals surface area contributed by atoms with Gasteiger partial charge in [0.15, 0.2) is 11.4 Å². The zero-order chi connectivity index (χ0) is 33.1. The van der Waals surface area contributed by atoms with Gasteiger partial charge in [0, 0.05) is 0 Å². The molecule has 1 aliphatic rings. The molecule has 0 saturated carbocycles. The Bertz CT molecular complexity index is 2050. The summed E-state index contributed by atoms with van der Waals surface area (Å²) >= 11 is 0. The first-order valence-electron chi connectivity index (χ1n) is 12.6. The average molecular weight is 736 g/mol. The molecule has 0 fully saturated rings. The van der Waals surface area contributed by atoms with Crippen LogP contribution in [0.1, 0.15) is 29.9 Å². The molecule has 1 aliphatic heterocycles. The molecule has 1 aromatic heterocycles. The Balaban J connectivity index is 0.00000384. The number of hydrazone groups is 1. The van der Waals surface area contributed by atoms with Gasteiger partial charge < -0.3 is 18.6 Å². The molecule has 1 radical (unpaired) electrons. The summed E-state index contributed by atoms with van der Waals surface area (Å²) in [6, 6.07) is 8.47. The number of amides is 1. The van der Waals surface area contributed by atoms with Crippen LogP contribution in [-0.2, 0) is 39.3 Å². The first kappa shape index (κ1) is 41.3. The minimum absolute atomic E-state index is 0. The number of rotatable bonds is 10. The molecule has 2 aromatic carbocycles. The molecule has 4 rings (SSSR count). The van der Waals surface area contributed by atoms with E-state index in [0.717, 1.165) is 77.0 Å². The number of hydrogen-bond acceptors (Lipinski definition) is 13. The van der Waals surface area contributed by atoms with Gasteiger partial charge >= 0.3 is 115 Å². The number of carbonyl (C=O) groups is 3. The summed E-state index contributed by atoms with van der Waals surface area (Å²) in [4.78, 5) is 50.7. The zero-order valence-corrected chi connectivity index (χ0v) is 33.1. The van der Waals surface area contributed by atoms with E-state index in [2.05, 4.69) is 10.2 Å². The van der Waals surface area contributed by atoms with Crippen LogP contribution >= 0.6 is 0 Å². The van der Waals surface area contributed by atoms with Crippen LogP contribution in [0.2, 0.25) is 0 Å². The fourth-order valence-corrected chi connectivity index (χ4v) is 4.89. The van der Waals surface area contributed by atoms with Crippen LogP contribution in [0.3, 0.4) is 0 Å². The van der Waals surface area contributed by atoms with E-state index in [1.54, 1.807) is 0 Å². The number of hydrogen-bond donors (Lipinski definition) is 1. The van der Waals surface area contributed by atoms with Crippen molar-refractivity contribution in [1.82, 2.24) is 9.78 Å². The Hall–Kier alpha value is -1.90. The van der Waals surface area contributed by atoms with Gasteiger partial charge in [-0.1, -0.05) is 6.08 Å². The largest absolute Gasteiger partial charge is 1.00 e. The second kappa shape index (κ2) is 17.2. The topological polar surface area (TPSA) is 237 Å². The fourth-order valence-electron chi connectivity index (χ4n) is 3.95. The number of aromatic nitrogens is 2. The van der Waals surface area contributed by atoms with Gasteiger partial charge in [0.2, 0.25) is 0 Å². The standard InChI is InChI=1S/C27H23N4O12S2.2K/c1-3-42-26(34)22-20(24(32)30(28-22)16-8-12-18(13-9-16)44(36,37)38)6-5-7-21-23(27(35)43-4-2)29-31(25(21)33)17-10-14-19(15-11-17)45(39,40)41;;/h3,5-15,28H,4H2,1-2H3,(H,36,37,38)(H,39,40,41);;/q;2*+1/p-2/b6-5?,21-7-;;. The van der Waals surface area contributed by atoms with E-state index in [0.29, 0.717) is 0 Å². The fraction of sp³-hybridized carbons (Fsp3) is 0.111. The maximum absolute atomic E-state index is 13.3. The Morgan fingerprint density at radius 1 is 0.894 bits per heavy atom. The quantitative estimate of drug-likeness (QED) is 0.0894. The van der Waals surface area contributed by atoms with Crippen LogP contribution in [0.25, 0.3) is 11.8 Å². The van der Waals surface area contributed by atoms with E-state index in [-0.39, 0.29) is 138 Å². The molecule has 0 saturated heterocycles. The van der Waals surface area contributed by atoms with Crippen molar-refractivity contribution in [1.29, 1.82) is 0 Å². The summed E-state index contributed by atoms with van der Waals surface area (Å²) in [5, 5.41) is 7.33. The van der Waals surface area contributed by atoms with Crippen LogP contribution in [0, 0.1) is 6.61 Å². The van der Waals surface area contributed by atoms with E-state index in [1.807, 2.05) is 0 Å². The number of benzene rings is 2. The van der Waals surface area contributed by atoms with E-state index < -0.39 is 59.1 Å². The minimum atomic E-state index is -4.76. The first-order chi connectivity index (χ1) is 21.2.